The maximum atomic E-state index is 12.6. The Balaban J connectivity index is 0.000000533. The maximum Gasteiger partial charge on any atom is 0.376 e. The Labute approximate surface area is 457 Å². The van der Waals surface area contributed by atoms with E-state index in [1.54, 1.807) is 42.4 Å². The van der Waals surface area contributed by atoms with Gasteiger partial charge in [0.1, 0.15) is 6.04 Å². The summed E-state index contributed by atoms with van der Waals surface area (Å²) in [5, 5.41) is 55.3. The number of nitro groups is 1. The number of benzene rings is 1. The molecule has 0 bridgehead atoms. The van der Waals surface area contributed by atoms with Crippen LogP contribution in [0.15, 0.2) is 44.5 Å². The van der Waals surface area contributed by atoms with Gasteiger partial charge in [-0.2, -0.15) is 4.31 Å². The number of carboxylic acids is 1. The highest BCUT2D eigenvalue weighted by atomic mass is 32.2. The highest BCUT2D eigenvalue weighted by Gasteiger charge is 2.46. The van der Waals surface area contributed by atoms with Gasteiger partial charge < -0.3 is 59.4 Å². The number of rotatable bonds is 29. The van der Waals surface area contributed by atoms with Gasteiger partial charge in [-0.25, -0.2) is 8.42 Å². The van der Waals surface area contributed by atoms with Crippen molar-refractivity contribution in [3.05, 3.63) is 65.7 Å². The minimum Gasteiger partial charge on any atom is -0.480 e. The molecule has 35 heteroatoms. The number of amides is 2. The van der Waals surface area contributed by atoms with Crippen molar-refractivity contribution in [2.75, 3.05) is 155 Å². The van der Waals surface area contributed by atoms with Crippen LogP contribution in [0.1, 0.15) is 19.3 Å². The van der Waals surface area contributed by atoms with E-state index in [4.69, 9.17) is 35.8 Å². The highest BCUT2D eigenvalue weighted by molar-refractivity contribution is 7.89. The fourth-order valence-electron chi connectivity index (χ4n) is 7.80. The number of sulfonamides is 1. The number of hydrogen-bond donors (Lipinski definition) is 5. The van der Waals surface area contributed by atoms with Crippen LogP contribution in [0.4, 0.5) is 5.69 Å². The van der Waals surface area contributed by atoms with Gasteiger partial charge in [0, 0.05) is 93.8 Å². The minimum absolute atomic E-state index is 0.0211. The SMILES string of the molecule is CB(O)N(C)CCOCCN(C)C(=O)[C@@H]1C[C@H](N=[N+]=[N-])CN1C.CNCCOCCN(C)B(C)O.CNCCOCCN(C)C(=O)[C@@H]1C[C@H](N=[N+]=[N-])CN1C.[N-]=[N+]=N[C@H]1C[C@@H](C(=O)O)N(S(=O)(=O)c2ccccc2[N+](=O)[O-])C1. The van der Waals surface area contributed by atoms with Crippen molar-refractivity contribution in [1.82, 2.24) is 44.2 Å². The topological polar surface area (TPSA) is 410 Å². The van der Waals surface area contributed by atoms with Gasteiger partial charge in [0.2, 0.25) is 11.8 Å². The van der Waals surface area contributed by atoms with Crippen LogP contribution in [0.3, 0.4) is 0 Å². The number of para-hydroxylation sites is 1. The second-order valence-electron chi connectivity index (χ2n) is 18.6. The molecule has 0 radical (unpaired) electrons. The second-order valence-corrected chi connectivity index (χ2v) is 20.5. The molecule has 3 aliphatic rings. The zero-order valence-electron chi connectivity index (χ0n) is 46.6. The lowest BCUT2D eigenvalue weighted by Crippen LogP contribution is -2.43. The van der Waals surface area contributed by atoms with Crippen molar-refractivity contribution in [3.8, 4) is 0 Å². The number of nitrogens with zero attached hydrogens (tertiary/aromatic N) is 17. The Kier molecular flexibility index (Phi) is 34.6. The van der Waals surface area contributed by atoms with E-state index < -0.39 is 57.7 Å². The molecule has 3 heterocycles. The van der Waals surface area contributed by atoms with E-state index in [2.05, 4.69) is 40.7 Å². The Morgan fingerprint density at radius 2 is 1.08 bits per heavy atom. The van der Waals surface area contributed by atoms with E-state index in [1.807, 2.05) is 56.9 Å². The number of carbonyl (C=O) groups excluding carboxylic acids is 2. The van der Waals surface area contributed by atoms with Crippen molar-refractivity contribution < 1.29 is 57.1 Å². The van der Waals surface area contributed by atoms with Crippen molar-refractivity contribution >= 4 is 47.6 Å². The molecule has 6 atom stereocenters. The van der Waals surface area contributed by atoms with Crippen LogP contribution in [0.5, 0.6) is 0 Å². The molecule has 3 saturated heterocycles. The maximum absolute atomic E-state index is 12.6. The van der Waals surface area contributed by atoms with E-state index in [9.17, 15) is 43.0 Å². The van der Waals surface area contributed by atoms with Crippen LogP contribution in [0, 0.1) is 10.1 Å². The molecule has 5 N–H and O–H groups in total. The Hall–Kier alpha value is -5.44. The molecule has 0 saturated carbocycles. The Bertz CT molecular complexity index is 2250. The summed E-state index contributed by atoms with van der Waals surface area (Å²) in [6.07, 6.45) is 0.952. The summed E-state index contributed by atoms with van der Waals surface area (Å²) in [6.45, 7) is 12.0. The summed E-state index contributed by atoms with van der Waals surface area (Å²) >= 11 is 0. The molecule has 0 spiro atoms. The first kappa shape index (κ1) is 70.6. The molecule has 32 nitrogen and oxygen atoms in total. The normalized spacial score (nSPS) is 20.1. The number of ether oxygens (including phenoxy) is 3. The zero-order chi connectivity index (χ0) is 59.0. The predicted molar refractivity (Wildman–Crippen MR) is 292 cm³/mol. The van der Waals surface area contributed by atoms with Crippen LogP contribution >= 0.6 is 0 Å². The molecular formula is C43H81B2N19O13S. The van der Waals surface area contributed by atoms with Crippen LogP contribution in [0.25, 0.3) is 31.3 Å². The molecule has 2 amide bonds. The summed E-state index contributed by atoms with van der Waals surface area (Å²) in [6, 6.07) is 1.67. The van der Waals surface area contributed by atoms with Crippen LogP contribution in [0.2, 0.25) is 13.6 Å². The number of nitro benzene ring substituents is 1. The third-order valence-electron chi connectivity index (χ3n) is 12.8. The number of carbonyl (C=O) groups is 3. The lowest BCUT2D eigenvalue weighted by atomic mass is 9.86. The molecule has 3 aliphatic heterocycles. The lowest BCUT2D eigenvalue weighted by Gasteiger charge is -2.25. The third-order valence-corrected chi connectivity index (χ3v) is 14.7. The van der Waals surface area contributed by atoms with E-state index in [0.717, 1.165) is 38.4 Å². The van der Waals surface area contributed by atoms with Crippen molar-refractivity contribution in [2.24, 2.45) is 15.3 Å². The number of hydrogen-bond acceptors (Lipinski definition) is 21. The predicted octanol–water partition coefficient (Wildman–Crippen LogP) is 0.336. The molecule has 438 valence electrons. The quantitative estimate of drug-likeness (QED) is 0.0137. The van der Waals surface area contributed by atoms with Gasteiger partial charge in [0.05, 0.1) is 74.8 Å². The number of carboxylic acid groups (broad SMARTS) is 1. The fraction of sp³-hybridized carbons (Fsp3) is 0.791. The molecule has 4 rings (SSSR count). The van der Waals surface area contributed by atoms with E-state index in [-0.39, 0.29) is 48.9 Å². The van der Waals surface area contributed by atoms with Gasteiger partial charge in [-0.1, -0.05) is 27.5 Å². The summed E-state index contributed by atoms with van der Waals surface area (Å²) in [5.41, 5.74) is 24.7. The molecule has 0 unspecified atom stereocenters. The van der Waals surface area contributed by atoms with Crippen LogP contribution in [-0.2, 0) is 38.6 Å². The fourth-order valence-corrected chi connectivity index (χ4v) is 9.59. The van der Waals surface area contributed by atoms with E-state index in [0.29, 0.717) is 82.9 Å². The largest absolute Gasteiger partial charge is 0.480 e. The first-order valence-electron chi connectivity index (χ1n) is 25.2. The minimum atomic E-state index is -4.43. The Morgan fingerprint density at radius 1 is 0.705 bits per heavy atom. The zero-order valence-corrected chi connectivity index (χ0v) is 47.4. The number of nitrogens with one attached hydrogen (secondary N) is 2. The second kappa shape index (κ2) is 38.2. The van der Waals surface area contributed by atoms with Crippen molar-refractivity contribution in [2.45, 2.75) is 74.1 Å². The number of azide groups is 3. The van der Waals surface area contributed by atoms with Crippen LogP contribution in [-0.4, -0.2) is 285 Å². The first-order chi connectivity index (χ1) is 36.9. The number of aliphatic carboxylic acids is 1. The third kappa shape index (κ3) is 25.1. The van der Waals surface area contributed by atoms with Gasteiger partial charge in [-0.05, 0) is 97.9 Å². The van der Waals surface area contributed by atoms with Gasteiger partial charge >= 0.3 is 20.1 Å². The number of likely N-dealkylation sites (N-methyl/N-ethyl adjacent to an activating group) is 8. The summed E-state index contributed by atoms with van der Waals surface area (Å²) in [4.78, 5) is 64.6. The standard InChI is InChI=1S/C13H27BN6O3.C12H24N6O2.C11H11N5O6S.C7H19BN2O2/c1-14(22)20(4)6-8-23-7-5-18(2)13(21)12-9-11(16-17-15)10-19(12)3;1-14-4-6-20-7-5-17(2)12(19)11-8-10(15-16-13)9-18(11)3;12-14-13-7-5-9(11(17)18)15(6-7)23(21,22)10-4-2-1-3-8(10)16(19)20;1-8(11)10(3)5-7-12-6-4-9-2/h11-12,22H,5-10H2,1-4H3;10-11,14H,4-9H2,1-3H3;1-4,7,9H,5-6H2,(H,17,18);9,11H,4-7H2,1-3H3/t11-,12-;10-,11-;7-,9-;/m000./s1. The van der Waals surface area contributed by atoms with E-state index in [1.165, 1.54) is 12.1 Å². The average molecular weight is 1130 g/mol. The average Bonchev–Trinajstić information content (AvgIpc) is 4.12. The first-order valence-corrected chi connectivity index (χ1v) is 26.7. The van der Waals surface area contributed by atoms with Crippen molar-refractivity contribution in [1.29, 1.82) is 0 Å². The summed E-state index contributed by atoms with van der Waals surface area (Å²) in [5.74, 6) is -1.34. The van der Waals surface area contributed by atoms with Crippen LogP contribution < -0.4 is 10.6 Å². The Morgan fingerprint density at radius 3 is 1.45 bits per heavy atom. The van der Waals surface area contributed by atoms with Crippen molar-refractivity contribution in [3.63, 3.8) is 0 Å². The lowest BCUT2D eigenvalue weighted by molar-refractivity contribution is -0.387. The van der Waals surface area contributed by atoms with Gasteiger partial charge in [0.25, 0.3) is 15.7 Å². The number of likely N-dealkylation sites (tertiary alicyclic amines) is 2. The highest BCUT2D eigenvalue weighted by Crippen LogP contribution is 2.32. The van der Waals surface area contributed by atoms with E-state index >= 15 is 0 Å². The molecule has 1 aromatic rings. The van der Waals surface area contributed by atoms with Gasteiger partial charge in [-0.15, -0.1) is 0 Å². The summed E-state index contributed by atoms with van der Waals surface area (Å²) < 4.78 is 42.1. The van der Waals surface area contributed by atoms with Gasteiger partial charge in [-0.3, -0.25) is 34.3 Å². The molecule has 0 aliphatic carbocycles. The molecule has 0 aromatic heterocycles. The molecule has 78 heavy (non-hydrogen) atoms. The van der Waals surface area contributed by atoms with Gasteiger partial charge in [0.15, 0.2) is 4.90 Å². The smallest absolute Gasteiger partial charge is 0.376 e. The monoisotopic (exact) mass is 1130 g/mol. The summed E-state index contributed by atoms with van der Waals surface area (Å²) in [7, 11) is 9.41. The molecule has 1 aromatic carbocycles. The molecule has 3 fully saturated rings. The molecular weight excluding hydrogens is 1040 g/mol.